The molecule has 0 aromatic heterocycles. The summed E-state index contributed by atoms with van der Waals surface area (Å²) in [7, 11) is 0. The van der Waals surface area contributed by atoms with Gasteiger partial charge in [-0.05, 0) is 77.1 Å². The molecule has 2 aromatic carbocycles. The van der Waals surface area contributed by atoms with E-state index in [2.05, 4.69) is 146 Å². The molecule has 32 heavy (non-hydrogen) atoms. The van der Waals surface area contributed by atoms with Gasteiger partial charge in [0, 0.05) is 17.6 Å². The molecule has 0 aliphatic rings. The van der Waals surface area contributed by atoms with E-state index in [-0.39, 0.29) is 10.8 Å². The molecule has 0 radical (unpaired) electrons. The van der Waals surface area contributed by atoms with Crippen molar-refractivity contribution >= 4 is 11.4 Å². The van der Waals surface area contributed by atoms with Crippen LogP contribution in [0.4, 0.5) is 11.4 Å². The molecule has 1 heteroatoms. The van der Waals surface area contributed by atoms with Crippen LogP contribution in [0.25, 0.3) is 0 Å². The van der Waals surface area contributed by atoms with Crippen molar-refractivity contribution < 1.29 is 0 Å². The summed E-state index contributed by atoms with van der Waals surface area (Å²) in [6.45, 7) is 20.1. The van der Waals surface area contributed by atoms with Crippen molar-refractivity contribution in [2.45, 2.75) is 80.1 Å². The summed E-state index contributed by atoms with van der Waals surface area (Å²) in [5.74, 6) is 0.581. The molecular weight excluding hydrogens is 386 g/mol. The minimum Gasteiger partial charge on any atom is -0.317 e. The first-order valence-corrected chi connectivity index (χ1v) is 12.0. The number of hydrogen-bond donors (Lipinski definition) is 0. The zero-order chi connectivity index (χ0) is 23.9. The van der Waals surface area contributed by atoms with E-state index in [1.54, 1.807) is 0 Å². The molecule has 2 aromatic rings. The average Bonchev–Trinajstić information content (AvgIpc) is 2.74. The van der Waals surface area contributed by atoms with E-state index in [9.17, 15) is 0 Å². The first kappa shape index (κ1) is 25.7. The van der Waals surface area contributed by atoms with Gasteiger partial charge in [-0.25, -0.2) is 0 Å². The van der Waals surface area contributed by atoms with Crippen LogP contribution >= 0.6 is 0 Å². The third-order valence-corrected chi connectivity index (χ3v) is 6.09. The van der Waals surface area contributed by atoms with E-state index in [1.807, 2.05) is 0 Å². The normalized spacial score (nSPS) is 14.3. The van der Waals surface area contributed by atoms with Crippen LogP contribution in [0.5, 0.6) is 0 Å². The molecule has 0 fully saturated rings. The Morgan fingerprint density at radius 1 is 0.875 bits per heavy atom. The number of benzene rings is 2. The third-order valence-electron chi connectivity index (χ3n) is 6.09. The van der Waals surface area contributed by atoms with Crippen molar-refractivity contribution in [3.8, 4) is 0 Å². The average molecular weight is 430 g/mol. The van der Waals surface area contributed by atoms with Gasteiger partial charge in [0.2, 0.25) is 0 Å². The maximum absolute atomic E-state index is 2.29. The predicted octanol–water partition coefficient (Wildman–Crippen LogP) is 9.70. The highest BCUT2D eigenvalue weighted by Gasteiger charge is 2.15. The van der Waals surface area contributed by atoms with E-state index in [4.69, 9.17) is 0 Å². The van der Waals surface area contributed by atoms with Crippen molar-refractivity contribution in [3.63, 3.8) is 0 Å². The Bertz CT molecular complexity index is 926. The molecule has 0 bridgehead atoms. The van der Waals surface area contributed by atoms with Gasteiger partial charge in [0.05, 0.1) is 0 Å². The van der Waals surface area contributed by atoms with Crippen LogP contribution in [-0.4, -0.2) is 0 Å². The Kier molecular flexibility index (Phi) is 8.73. The molecule has 172 valence electrons. The summed E-state index contributed by atoms with van der Waals surface area (Å²) >= 11 is 0. The molecule has 0 aliphatic carbocycles. The van der Waals surface area contributed by atoms with Crippen LogP contribution in [0.15, 0.2) is 84.6 Å². The second-order valence-electron chi connectivity index (χ2n) is 10.8. The fraction of sp³-hybridized carbons (Fsp3) is 0.419. The van der Waals surface area contributed by atoms with Crippen molar-refractivity contribution in [2.24, 2.45) is 5.41 Å². The summed E-state index contributed by atoms with van der Waals surface area (Å²) in [6, 6.07) is 18.0. The Morgan fingerprint density at radius 2 is 1.41 bits per heavy atom. The monoisotopic (exact) mass is 429 g/mol. The summed E-state index contributed by atoms with van der Waals surface area (Å²) in [4.78, 5) is 2.28. The van der Waals surface area contributed by atoms with E-state index in [0.29, 0.717) is 5.92 Å². The fourth-order valence-electron chi connectivity index (χ4n) is 3.61. The molecular formula is C31H43N. The maximum Gasteiger partial charge on any atom is 0.0455 e. The van der Waals surface area contributed by atoms with E-state index in [0.717, 1.165) is 6.42 Å². The van der Waals surface area contributed by atoms with Gasteiger partial charge in [-0.15, -0.1) is 0 Å². The third kappa shape index (κ3) is 6.99. The lowest BCUT2D eigenvalue weighted by atomic mass is 9.86. The molecule has 1 nitrogen and oxygen atoms in total. The molecule has 0 aliphatic heterocycles. The van der Waals surface area contributed by atoms with Crippen molar-refractivity contribution in [1.29, 1.82) is 0 Å². The Morgan fingerprint density at radius 3 is 1.84 bits per heavy atom. The lowest BCUT2D eigenvalue weighted by Crippen LogP contribution is -2.12. The quantitative estimate of drug-likeness (QED) is 0.396. The number of hydrogen-bond acceptors (Lipinski definition) is 1. The molecule has 0 saturated carbocycles. The largest absolute Gasteiger partial charge is 0.317 e. The highest BCUT2D eigenvalue weighted by atomic mass is 15.1. The van der Waals surface area contributed by atoms with E-state index < -0.39 is 0 Å². The van der Waals surface area contributed by atoms with Crippen molar-refractivity contribution in [1.82, 2.24) is 0 Å². The standard InChI is InChI=1S/C31H43N/c1-10-13-26(30(4,5)6)14-12-23-32(28-19-15-25(16-20-28)24(3)11-2)29-21-17-27(18-22-29)31(7,8)9/h10,12-24H,11H2,1-9H3/b13-10-,23-12+,26-14+. The van der Waals surface area contributed by atoms with Gasteiger partial charge < -0.3 is 4.90 Å². The summed E-state index contributed by atoms with van der Waals surface area (Å²) in [6.07, 6.45) is 12.0. The minimum atomic E-state index is 0.105. The Balaban J connectivity index is 2.47. The number of rotatable bonds is 7. The first-order valence-electron chi connectivity index (χ1n) is 12.0. The molecule has 0 amide bonds. The highest BCUT2D eigenvalue weighted by molar-refractivity contribution is 5.67. The lowest BCUT2D eigenvalue weighted by Gasteiger charge is -2.24. The van der Waals surface area contributed by atoms with Gasteiger partial charge in [0.15, 0.2) is 0 Å². The van der Waals surface area contributed by atoms with Crippen LogP contribution in [0.3, 0.4) is 0 Å². The van der Waals surface area contributed by atoms with Gasteiger partial charge in [-0.1, -0.05) is 97.9 Å². The second kappa shape index (κ2) is 10.9. The summed E-state index contributed by atoms with van der Waals surface area (Å²) in [5.41, 5.74) is 6.65. The van der Waals surface area contributed by atoms with Gasteiger partial charge in [-0.3, -0.25) is 0 Å². The van der Waals surface area contributed by atoms with E-state index in [1.165, 1.54) is 28.1 Å². The van der Waals surface area contributed by atoms with Gasteiger partial charge in [-0.2, -0.15) is 0 Å². The summed E-state index contributed by atoms with van der Waals surface area (Å²) in [5, 5.41) is 0. The topological polar surface area (TPSA) is 3.24 Å². The predicted molar refractivity (Wildman–Crippen MR) is 144 cm³/mol. The van der Waals surface area contributed by atoms with Crippen LogP contribution in [-0.2, 0) is 5.41 Å². The number of allylic oxidation sites excluding steroid dienone is 5. The van der Waals surface area contributed by atoms with Gasteiger partial charge in [0.1, 0.15) is 0 Å². The van der Waals surface area contributed by atoms with Crippen molar-refractivity contribution in [2.75, 3.05) is 4.90 Å². The minimum absolute atomic E-state index is 0.105. The molecule has 0 heterocycles. The van der Waals surface area contributed by atoms with Crippen LogP contribution in [0.1, 0.15) is 85.8 Å². The first-order chi connectivity index (χ1) is 15.0. The number of anilines is 2. The zero-order valence-corrected chi connectivity index (χ0v) is 21.7. The zero-order valence-electron chi connectivity index (χ0n) is 21.7. The second-order valence-corrected chi connectivity index (χ2v) is 10.8. The smallest absolute Gasteiger partial charge is 0.0455 e. The van der Waals surface area contributed by atoms with Crippen LogP contribution in [0.2, 0.25) is 0 Å². The highest BCUT2D eigenvalue weighted by Crippen LogP contribution is 2.31. The van der Waals surface area contributed by atoms with E-state index >= 15 is 0 Å². The molecule has 0 saturated heterocycles. The summed E-state index contributed by atoms with van der Waals surface area (Å²) < 4.78 is 0. The van der Waals surface area contributed by atoms with Crippen LogP contribution < -0.4 is 4.90 Å². The molecule has 0 N–H and O–H groups in total. The maximum atomic E-state index is 2.29. The van der Waals surface area contributed by atoms with Crippen LogP contribution in [0, 0.1) is 5.41 Å². The molecule has 1 atom stereocenters. The Labute approximate surface area is 197 Å². The SMILES string of the molecule is C\C=C/C(=C\C=C\N(c1ccc(C(C)CC)cc1)c1ccc(C(C)(C)C)cc1)C(C)(C)C. The van der Waals surface area contributed by atoms with Crippen molar-refractivity contribution in [3.05, 3.63) is 95.7 Å². The fourth-order valence-corrected chi connectivity index (χ4v) is 3.61. The Hall–Kier alpha value is -2.54. The molecule has 2 rings (SSSR count). The lowest BCUT2D eigenvalue weighted by molar-refractivity contribution is 0.517. The molecule has 0 spiro atoms. The molecule has 1 unspecified atom stereocenters. The van der Waals surface area contributed by atoms with Gasteiger partial charge >= 0.3 is 0 Å². The number of nitrogens with zero attached hydrogens (tertiary/aromatic N) is 1. The van der Waals surface area contributed by atoms with Gasteiger partial charge in [0.25, 0.3) is 0 Å².